The van der Waals surface area contributed by atoms with Gasteiger partial charge in [0.15, 0.2) is 20.6 Å². The molecule has 11 heteroatoms. The molecular formula is C21H25N5O4S2. The summed E-state index contributed by atoms with van der Waals surface area (Å²) in [5.74, 6) is 0.00524. The molecule has 1 aromatic carbocycles. The van der Waals surface area contributed by atoms with Gasteiger partial charge in [0.2, 0.25) is 5.91 Å². The maximum atomic E-state index is 13.1. The van der Waals surface area contributed by atoms with Crippen LogP contribution in [0.2, 0.25) is 0 Å². The SMILES string of the molecule is CCC(C)N(C(=O)CSc1nc2c(cnn2-c2ccccc2)c(=O)[nH]1)C1CCS(=O)(=O)C1. The van der Waals surface area contributed by atoms with Crippen molar-refractivity contribution in [2.24, 2.45) is 0 Å². The van der Waals surface area contributed by atoms with Gasteiger partial charge in [-0.15, -0.1) is 0 Å². The Labute approximate surface area is 190 Å². The van der Waals surface area contributed by atoms with E-state index < -0.39 is 9.84 Å². The highest BCUT2D eigenvalue weighted by Gasteiger charge is 2.36. The molecule has 2 atom stereocenters. The first-order chi connectivity index (χ1) is 15.3. The number of para-hydroxylation sites is 1. The first-order valence-electron chi connectivity index (χ1n) is 10.5. The van der Waals surface area contributed by atoms with Crippen LogP contribution < -0.4 is 5.56 Å². The maximum Gasteiger partial charge on any atom is 0.262 e. The number of hydrogen-bond acceptors (Lipinski definition) is 7. The zero-order chi connectivity index (χ0) is 22.9. The number of carbonyl (C=O) groups excluding carboxylic acids is 1. The van der Waals surface area contributed by atoms with Gasteiger partial charge in [0.25, 0.3) is 5.56 Å². The van der Waals surface area contributed by atoms with E-state index in [0.29, 0.717) is 22.6 Å². The molecule has 0 bridgehead atoms. The molecule has 2 unspecified atom stereocenters. The third-order valence-corrected chi connectivity index (χ3v) is 8.31. The van der Waals surface area contributed by atoms with Crippen molar-refractivity contribution >= 4 is 38.5 Å². The average Bonchev–Trinajstić information content (AvgIpc) is 3.36. The van der Waals surface area contributed by atoms with E-state index in [-0.39, 0.29) is 40.8 Å². The Kier molecular flexibility index (Phi) is 6.38. The Morgan fingerprint density at radius 2 is 2.09 bits per heavy atom. The summed E-state index contributed by atoms with van der Waals surface area (Å²) in [6.45, 7) is 3.90. The number of hydrogen-bond donors (Lipinski definition) is 1. The predicted molar refractivity (Wildman–Crippen MR) is 124 cm³/mol. The van der Waals surface area contributed by atoms with Crippen molar-refractivity contribution in [1.29, 1.82) is 0 Å². The fraction of sp³-hybridized carbons (Fsp3) is 0.429. The first-order valence-corrected chi connectivity index (χ1v) is 13.3. The van der Waals surface area contributed by atoms with Crippen LogP contribution in [-0.4, -0.2) is 68.3 Å². The highest BCUT2D eigenvalue weighted by atomic mass is 32.2. The summed E-state index contributed by atoms with van der Waals surface area (Å²) in [4.78, 5) is 34.5. The van der Waals surface area contributed by atoms with Gasteiger partial charge in [0.05, 0.1) is 29.1 Å². The lowest BCUT2D eigenvalue weighted by atomic mass is 10.1. The molecule has 3 heterocycles. The van der Waals surface area contributed by atoms with Crippen LogP contribution in [0, 0.1) is 0 Å². The summed E-state index contributed by atoms with van der Waals surface area (Å²) < 4.78 is 25.5. The maximum absolute atomic E-state index is 13.1. The van der Waals surface area contributed by atoms with Crippen LogP contribution in [0.25, 0.3) is 16.7 Å². The molecule has 1 fully saturated rings. The molecule has 0 spiro atoms. The standard InChI is InChI=1S/C21H25N5O4S2/c1-3-14(2)25(16-9-10-32(29,30)13-16)18(27)12-31-21-23-19-17(20(28)24-21)11-22-26(19)15-7-5-4-6-8-15/h4-8,11,14,16H,3,9-10,12-13H2,1-2H3,(H,23,24,28). The van der Waals surface area contributed by atoms with Crippen molar-refractivity contribution in [3.63, 3.8) is 0 Å². The molecule has 1 amide bonds. The second-order valence-corrected chi connectivity index (χ2v) is 11.1. The summed E-state index contributed by atoms with van der Waals surface area (Å²) in [7, 11) is -3.11. The van der Waals surface area contributed by atoms with Crippen LogP contribution in [0.5, 0.6) is 0 Å². The molecule has 1 aliphatic heterocycles. The summed E-state index contributed by atoms with van der Waals surface area (Å²) >= 11 is 1.13. The van der Waals surface area contributed by atoms with Gasteiger partial charge in [-0.2, -0.15) is 5.10 Å². The quantitative estimate of drug-likeness (QED) is 0.410. The lowest BCUT2D eigenvalue weighted by Crippen LogP contribution is -2.47. The van der Waals surface area contributed by atoms with E-state index in [0.717, 1.165) is 23.9 Å². The molecule has 170 valence electrons. The Balaban J connectivity index is 1.56. The van der Waals surface area contributed by atoms with Gasteiger partial charge < -0.3 is 9.88 Å². The Hall–Kier alpha value is -2.66. The lowest BCUT2D eigenvalue weighted by Gasteiger charge is -2.33. The minimum absolute atomic E-state index is 0.00501. The number of sulfone groups is 1. The molecule has 3 aromatic rings. The smallest absolute Gasteiger partial charge is 0.262 e. The van der Waals surface area contributed by atoms with Gasteiger partial charge in [-0.1, -0.05) is 36.9 Å². The average molecular weight is 476 g/mol. The highest BCUT2D eigenvalue weighted by Crippen LogP contribution is 2.24. The van der Waals surface area contributed by atoms with Crippen LogP contribution in [0.3, 0.4) is 0 Å². The number of thioether (sulfide) groups is 1. The number of nitrogens with zero attached hydrogens (tertiary/aromatic N) is 4. The van der Waals surface area contributed by atoms with Gasteiger partial charge in [-0.25, -0.2) is 18.1 Å². The van der Waals surface area contributed by atoms with Crippen LogP contribution >= 0.6 is 11.8 Å². The van der Waals surface area contributed by atoms with Crippen molar-refractivity contribution in [3.8, 4) is 5.69 Å². The van der Waals surface area contributed by atoms with E-state index in [1.807, 2.05) is 44.2 Å². The molecule has 2 aromatic heterocycles. The summed E-state index contributed by atoms with van der Waals surface area (Å²) in [6.07, 6.45) is 2.66. The normalized spacial score (nSPS) is 18.6. The number of H-pyrrole nitrogens is 1. The molecular weight excluding hydrogens is 450 g/mol. The van der Waals surface area contributed by atoms with Gasteiger partial charge >= 0.3 is 0 Å². The number of rotatable bonds is 7. The molecule has 32 heavy (non-hydrogen) atoms. The van der Waals surface area contributed by atoms with E-state index >= 15 is 0 Å². The minimum Gasteiger partial charge on any atom is -0.335 e. The zero-order valence-electron chi connectivity index (χ0n) is 17.9. The molecule has 0 saturated carbocycles. The molecule has 9 nitrogen and oxygen atoms in total. The van der Waals surface area contributed by atoms with E-state index in [4.69, 9.17) is 0 Å². The van der Waals surface area contributed by atoms with Crippen LogP contribution in [-0.2, 0) is 14.6 Å². The largest absolute Gasteiger partial charge is 0.335 e. The van der Waals surface area contributed by atoms with Crippen molar-refractivity contribution in [1.82, 2.24) is 24.6 Å². The number of nitrogens with one attached hydrogen (secondary N) is 1. The van der Waals surface area contributed by atoms with Gasteiger partial charge in [-0.05, 0) is 31.9 Å². The van der Waals surface area contributed by atoms with Crippen molar-refractivity contribution in [3.05, 3.63) is 46.9 Å². The lowest BCUT2D eigenvalue weighted by molar-refractivity contribution is -0.132. The fourth-order valence-corrected chi connectivity index (χ4v) is 6.37. The second kappa shape index (κ2) is 9.07. The first kappa shape index (κ1) is 22.5. The number of benzene rings is 1. The van der Waals surface area contributed by atoms with Crippen LogP contribution in [0.15, 0.2) is 46.5 Å². The van der Waals surface area contributed by atoms with Crippen molar-refractivity contribution in [2.45, 2.75) is 43.9 Å². The third kappa shape index (κ3) is 4.58. The van der Waals surface area contributed by atoms with Gasteiger partial charge in [0, 0.05) is 12.1 Å². The third-order valence-electron chi connectivity index (χ3n) is 5.70. The Bertz CT molecular complexity index is 1290. The van der Waals surface area contributed by atoms with E-state index in [1.165, 1.54) is 6.20 Å². The van der Waals surface area contributed by atoms with Crippen molar-refractivity contribution < 1.29 is 13.2 Å². The number of fused-ring (bicyclic) bond motifs is 1. The molecule has 0 aliphatic carbocycles. The number of amides is 1. The second-order valence-electron chi connectivity index (χ2n) is 7.90. The van der Waals surface area contributed by atoms with Crippen LogP contribution in [0.1, 0.15) is 26.7 Å². The molecule has 1 aliphatic rings. The van der Waals surface area contributed by atoms with E-state index in [1.54, 1.807) is 9.58 Å². The topological polar surface area (TPSA) is 118 Å². The van der Waals surface area contributed by atoms with Gasteiger partial charge in [-0.3, -0.25) is 9.59 Å². The summed E-state index contributed by atoms with van der Waals surface area (Å²) in [5.41, 5.74) is 0.862. The number of aromatic nitrogens is 4. The Morgan fingerprint density at radius 1 is 1.34 bits per heavy atom. The van der Waals surface area contributed by atoms with Crippen molar-refractivity contribution in [2.75, 3.05) is 17.3 Å². The summed E-state index contributed by atoms with van der Waals surface area (Å²) in [5, 5.41) is 4.96. The van der Waals surface area contributed by atoms with E-state index in [9.17, 15) is 18.0 Å². The molecule has 1 saturated heterocycles. The monoisotopic (exact) mass is 475 g/mol. The molecule has 4 rings (SSSR count). The summed E-state index contributed by atoms with van der Waals surface area (Å²) in [6, 6.07) is 8.98. The highest BCUT2D eigenvalue weighted by molar-refractivity contribution is 7.99. The van der Waals surface area contributed by atoms with Crippen LogP contribution in [0.4, 0.5) is 0 Å². The number of aromatic amines is 1. The Morgan fingerprint density at radius 3 is 2.75 bits per heavy atom. The molecule has 1 N–H and O–H groups in total. The zero-order valence-corrected chi connectivity index (χ0v) is 19.5. The van der Waals surface area contributed by atoms with Gasteiger partial charge in [0.1, 0.15) is 5.39 Å². The fourth-order valence-electron chi connectivity index (χ4n) is 3.93. The molecule has 0 radical (unpaired) electrons. The van der Waals surface area contributed by atoms with E-state index in [2.05, 4.69) is 15.1 Å². The number of carbonyl (C=O) groups is 1. The minimum atomic E-state index is -3.11. The predicted octanol–water partition coefficient (Wildman–Crippen LogP) is 2.02.